The SMILES string of the molecule is CC1CN(CCCO)CCN1CCc1ccccc1. The van der Waals surface area contributed by atoms with E-state index in [0.717, 1.165) is 45.6 Å². The molecule has 0 aliphatic carbocycles. The molecule has 1 aromatic rings. The van der Waals surface area contributed by atoms with Gasteiger partial charge in [0.1, 0.15) is 0 Å². The Kier molecular flexibility index (Phi) is 5.83. The maximum absolute atomic E-state index is 8.89. The van der Waals surface area contributed by atoms with E-state index in [1.54, 1.807) is 0 Å². The predicted molar refractivity (Wildman–Crippen MR) is 79.3 cm³/mol. The van der Waals surface area contributed by atoms with Crippen LogP contribution < -0.4 is 0 Å². The minimum Gasteiger partial charge on any atom is -0.396 e. The average Bonchev–Trinajstić information content (AvgIpc) is 2.45. The van der Waals surface area contributed by atoms with Crippen LogP contribution in [-0.4, -0.2) is 60.3 Å². The first kappa shape index (κ1) is 14.5. The predicted octanol–water partition coefficient (Wildman–Crippen LogP) is 1.62. The van der Waals surface area contributed by atoms with Crippen LogP contribution in [0.25, 0.3) is 0 Å². The molecule has 1 aliphatic heterocycles. The molecule has 0 spiro atoms. The average molecular weight is 262 g/mol. The summed E-state index contributed by atoms with van der Waals surface area (Å²) < 4.78 is 0. The Morgan fingerprint density at radius 3 is 2.63 bits per heavy atom. The van der Waals surface area contributed by atoms with Crippen molar-refractivity contribution < 1.29 is 5.11 Å². The minimum atomic E-state index is 0.308. The quantitative estimate of drug-likeness (QED) is 0.844. The van der Waals surface area contributed by atoms with Gasteiger partial charge in [0.15, 0.2) is 0 Å². The summed E-state index contributed by atoms with van der Waals surface area (Å²) in [6.07, 6.45) is 2.04. The highest BCUT2D eigenvalue weighted by Crippen LogP contribution is 2.11. The second kappa shape index (κ2) is 7.63. The molecule has 1 heterocycles. The molecule has 0 radical (unpaired) electrons. The number of benzene rings is 1. The summed E-state index contributed by atoms with van der Waals surface area (Å²) in [5, 5.41) is 8.89. The topological polar surface area (TPSA) is 26.7 Å². The van der Waals surface area contributed by atoms with Crippen LogP contribution in [0.1, 0.15) is 18.9 Å². The highest BCUT2D eigenvalue weighted by Gasteiger charge is 2.22. The van der Waals surface area contributed by atoms with E-state index in [1.807, 2.05) is 0 Å². The van der Waals surface area contributed by atoms with Crippen LogP contribution in [0.5, 0.6) is 0 Å². The minimum absolute atomic E-state index is 0.308. The van der Waals surface area contributed by atoms with Crippen molar-refractivity contribution in [2.75, 3.05) is 39.3 Å². The molecule has 19 heavy (non-hydrogen) atoms. The smallest absolute Gasteiger partial charge is 0.0443 e. The number of rotatable bonds is 6. The molecule has 1 atom stereocenters. The number of hydrogen-bond acceptors (Lipinski definition) is 3. The summed E-state index contributed by atoms with van der Waals surface area (Å²) in [7, 11) is 0. The van der Waals surface area contributed by atoms with Crippen molar-refractivity contribution in [1.29, 1.82) is 0 Å². The summed E-state index contributed by atoms with van der Waals surface area (Å²) in [4.78, 5) is 5.06. The molecule has 0 saturated carbocycles. The van der Waals surface area contributed by atoms with E-state index >= 15 is 0 Å². The zero-order valence-electron chi connectivity index (χ0n) is 12.0. The molecule has 1 unspecified atom stereocenters. The third-order valence-corrected chi connectivity index (χ3v) is 4.01. The molecule has 0 amide bonds. The van der Waals surface area contributed by atoms with Crippen LogP contribution >= 0.6 is 0 Å². The lowest BCUT2D eigenvalue weighted by Gasteiger charge is -2.40. The zero-order valence-corrected chi connectivity index (χ0v) is 12.0. The molecule has 0 bridgehead atoms. The number of aliphatic hydroxyl groups excluding tert-OH is 1. The molecule has 1 aromatic carbocycles. The van der Waals surface area contributed by atoms with Crippen LogP contribution in [0, 0.1) is 0 Å². The Balaban J connectivity index is 1.74. The first-order chi connectivity index (χ1) is 9.29. The van der Waals surface area contributed by atoms with Gasteiger partial charge in [-0.05, 0) is 25.3 Å². The maximum atomic E-state index is 8.89. The molecule has 106 valence electrons. The second-order valence-electron chi connectivity index (χ2n) is 5.50. The molecule has 1 saturated heterocycles. The molecule has 1 N–H and O–H groups in total. The normalized spacial score (nSPS) is 21.7. The van der Waals surface area contributed by atoms with Crippen LogP contribution in [0.3, 0.4) is 0 Å². The second-order valence-corrected chi connectivity index (χ2v) is 5.50. The Morgan fingerprint density at radius 1 is 1.16 bits per heavy atom. The van der Waals surface area contributed by atoms with Gasteiger partial charge in [-0.15, -0.1) is 0 Å². The van der Waals surface area contributed by atoms with Gasteiger partial charge in [-0.3, -0.25) is 4.90 Å². The highest BCUT2D eigenvalue weighted by molar-refractivity contribution is 5.14. The monoisotopic (exact) mass is 262 g/mol. The largest absolute Gasteiger partial charge is 0.396 e. The van der Waals surface area contributed by atoms with E-state index in [0.29, 0.717) is 12.6 Å². The van der Waals surface area contributed by atoms with Crippen LogP contribution in [0.15, 0.2) is 30.3 Å². The highest BCUT2D eigenvalue weighted by atomic mass is 16.3. The van der Waals surface area contributed by atoms with Crippen molar-refractivity contribution >= 4 is 0 Å². The van der Waals surface area contributed by atoms with E-state index in [-0.39, 0.29) is 0 Å². The van der Waals surface area contributed by atoms with Crippen molar-refractivity contribution in [1.82, 2.24) is 9.80 Å². The van der Waals surface area contributed by atoms with E-state index in [9.17, 15) is 0 Å². The Labute approximate surface area is 116 Å². The first-order valence-corrected chi connectivity index (χ1v) is 7.41. The van der Waals surface area contributed by atoms with Crippen molar-refractivity contribution in [2.24, 2.45) is 0 Å². The van der Waals surface area contributed by atoms with Crippen LogP contribution in [-0.2, 0) is 6.42 Å². The fraction of sp³-hybridized carbons (Fsp3) is 0.625. The summed E-state index contributed by atoms with van der Waals surface area (Å²) in [5.41, 5.74) is 1.43. The van der Waals surface area contributed by atoms with Gasteiger partial charge in [-0.1, -0.05) is 30.3 Å². The Hall–Kier alpha value is -0.900. The number of aliphatic hydroxyl groups is 1. The molecular formula is C16H26N2O. The molecule has 1 aliphatic rings. The third-order valence-electron chi connectivity index (χ3n) is 4.01. The summed E-state index contributed by atoms with van der Waals surface area (Å²) >= 11 is 0. The van der Waals surface area contributed by atoms with E-state index in [4.69, 9.17) is 5.11 Å². The van der Waals surface area contributed by atoms with Gasteiger partial charge in [-0.2, -0.15) is 0 Å². The molecule has 1 fully saturated rings. The van der Waals surface area contributed by atoms with E-state index in [2.05, 4.69) is 47.1 Å². The maximum Gasteiger partial charge on any atom is 0.0443 e. The number of hydrogen-bond donors (Lipinski definition) is 1. The van der Waals surface area contributed by atoms with E-state index in [1.165, 1.54) is 5.56 Å². The lowest BCUT2D eigenvalue weighted by molar-refractivity contribution is 0.0800. The standard InChI is InChI=1S/C16H26N2O/c1-15-14-17(9-5-13-19)11-12-18(15)10-8-16-6-3-2-4-7-16/h2-4,6-7,15,19H,5,8-14H2,1H3. The van der Waals surface area contributed by atoms with Gasteiger partial charge < -0.3 is 10.0 Å². The summed E-state index contributed by atoms with van der Waals surface area (Å²) in [6, 6.07) is 11.4. The molecule has 2 rings (SSSR count). The van der Waals surface area contributed by atoms with Crippen molar-refractivity contribution in [2.45, 2.75) is 25.8 Å². The Morgan fingerprint density at radius 2 is 1.95 bits per heavy atom. The summed E-state index contributed by atoms with van der Waals surface area (Å²) in [6.45, 7) is 8.23. The summed E-state index contributed by atoms with van der Waals surface area (Å²) in [5.74, 6) is 0. The van der Waals surface area contributed by atoms with Crippen molar-refractivity contribution in [3.63, 3.8) is 0 Å². The third kappa shape index (κ3) is 4.60. The van der Waals surface area contributed by atoms with Crippen molar-refractivity contribution in [3.05, 3.63) is 35.9 Å². The fourth-order valence-corrected chi connectivity index (χ4v) is 2.82. The van der Waals surface area contributed by atoms with Gasteiger partial charge in [0.25, 0.3) is 0 Å². The molecule has 3 heteroatoms. The zero-order chi connectivity index (χ0) is 13.5. The molecule has 0 aromatic heterocycles. The van der Waals surface area contributed by atoms with Crippen molar-refractivity contribution in [3.8, 4) is 0 Å². The van der Waals surface area contributed by atoms with Gasteiger partial charge in [0.2, 0.25) is 0 Å². The fourth-order valence-electron chi connectivity index (χ4n) is 2.82. The van der Waals surface area contributed by atoms with E-state index < -0.39 is 0 Å². The van der Waals surface area contributed by atoms with Gasteiger partial charge in [0.05, 0.1) is 0 Å². The van der Waals surface area contributed by atoms with Gasteiger partial charge in [0, 0.05) is 45.4 Å². The number of piperazine rings is 1. The Bertz CT molecular complexity index is 355. The molecular weight excluding hydrogens is 236 g/mol. The lowest BCUT2D eigenvalue weighted by atomic mass is 10.1. The van der Waals surface area contributed by atoms with Gasteiger partial charge in [-0.25, -0.2) is 0 Å². The lowest BCUT2D eigenvalue weighted by Crippen LogP contribution is -2.52. The van der Waals surface area contributed by atoms with Crippen LogP contribution in [0.4, 0.5) is 0 Å². The van der Waals surface area contributed by atoms with Gasteiger partial charge >= 0.3 is 0 Å². The number of nitrogens with zero attached hydrogens (tertiary/aromatic N) is 2. The van der Waals surface area contributed by atoms with Crippen LogP contribution in [0.2, 0.25) is 0 Å². The first-order valence-electron chi connectivity index (χ1n) is 7.41. The molecule has 3 nitrogen and oxygen atoms in total.